The molecule has 0 aliphatic carbocycles. The number of para-hydroxylation sites is 1. The summed E-state index contributed by atoms with van der Waals surface area (Å²) in [5, 5.41) is 3.18. The minimum Gasteiger partial charge on any atom is -0.482 e. The number of carbonyl (C=O) groups excluding carboxylic acids is 1. The van der Waals surface area contributed by atoms with Gasteiger partial charge < -0.3 is 19.5 Å². The Balaban J connectivity index is 1.58. The average molecular weight is 306 g/mol. The van der Waals surface area contributed by atoms with E-state index in [1.54, 1.807) is 42.5 Å². The van der Waals surface area contributed by atoms with E-state index in [0.717, 1.165) is 0 Å². The number of hydrogen-bond acceptors (Lipinski definition) is 4. The molecule has 0 atom stereocenters. The highest BCUT2D eigenvalue weighted by Gasteiger charge is 2.14. The standard InChI is InChI=1S/C15H12ClNO4/c16-11-3-1-2-4-12(11)19-8-15(18)17-10-5-6-13-14(7-10)21-9-20-13/h1-7H,8-9H2,(H,17,18). The number of fused-ring (bicyclic) bond motifs is 1. The maximum atomic E-state index is 11.8. The summed E-state index contributed by atoms with van der Waals surface area (Å²) in [5.41, 5.74) is 0.618. The molecular weight excluding hydrogens is 294 g/mol. The van der Waals surface area contributed by atoms with E-state index in [2.05, 4.69) is 5.32 Å². The molecule has 1 heterocycles. The second-order valence-corrected chi connectivity index (χ2v) is 4.74. The molecule has 0 spiro atoms. The normalized spacial score (nSPS) is 12.0. The monoisotopic (exact) mass is 305 g/mol. The molecule has 1 aliphatic heterocycles. The molecule has 1 aliphatic rings. The number of amides is 1. The van der Waals surface area contributed by atoms with Crippen molar-refractivity contribution in [2.24, 2.45) is 0 Å². The quantitative estimate of drug-likeness (QED) is 0.943. The Kier molecular flexibility index (Phi) is 3.83. The van der Waals surface area contributed by atoms with Gasteiger partial charge >= 0.3 is 0 Å². The zero-order chi connectivity index (χ0) is 14.7. The Bertz CT molecular complexity index is 674. The Labute approximate surface area is 126 Å². The van der Waals surface area contributed by atoms with Crippen LogP contribution in [0.1, 0.15) is 0 Å². The first kappa shape index (κ1) is 13.6. The summed E-state index contributed by atoms with van der Waals surface area (Å²) in [6, 6.07) is 12.2. The van der Waals surface area contributed by atoms with Crippen LogP contribution in [0.25, 0.3) is 0 Å². The first-order valence-corrected chi connectivity index (χ1v) is 6.67. The molecule has 3 rings (SSSR count). The van der Waals surface area contributed by atoms with E-state index in [9.17, 15) is 4.79 Å². The van der Waals surface area contributed by atoms with Gasteiger partial charge in [-0.25, -0.2) is 0 Å². The number of hydrogen-bond donors (Lipinski definition) is 1. The van der Waals surface area contributed by atoms with E-state index in [-0.39, 0.29) is 19.3 Å². The van der Waals surface area contributed by atoms with Gasteiger partial charge in [0, 0.05) is 11.8 Å². The third-order valence-electron chi connectivity index (χ3n) is 2.85. The van der Waals surface area contributed by atoms with Gasteiger partial charge in [-0.05, 0) is 24.3 Å². The molecule has 0 radical (unpaired) electrons. The van der Waals surface area contributed by atoms with Gasteiger partial charge in [0.2, 0.25) is 6.79 Å². The van der Waals surface area contributed by atoms with E-state index in [4.69, 9.17) is 25.8 Å². The van der Waals surface area contributed by atoms with Crippen LogP contribution in [0.5, 0.6) is 17.2 Å². The van der Waals surface area contributed by atoms with E-state index in [0.29, 0.717) is 28.0 Å². The zero-order valence-electron chi connectivity index (χ0n) is 11.0. The van der Waals surface area contributed by atoms with Gasteiger partial charge in [-0.2, -0.15) is 0 Å². The SMILES string of the molecule is O=C(COc1ccccc1Cl)Nc1ccc2c(c1)OCO2. The Morgan fingerprint density at radius 1 is 1.19 bits per heavy atom. The lowest BCUT2D eigenvalue weighted by Gasteiger charge is -2.09. The molecule has 0 aromatic heterocycles. The highest BCUT2D eigenvalue weighted by atomic mass is 35.5. The molecule has 0 saturated carbocycles. The van der Waals surface area contributed by atoms with Crippen LogP contribution in [0.2, 0.25) is 5.02 Å². The second-order valence-electron chi connectivity index (χ2n) is 4.34. The molecule has 2 aromatic carbocycles. The Hall–Kier alpha value is -2.40. The lowest BCUT2D eigenvalue weighted by molar-refractivity contribution is -0.118. The summed E-state index contributed by atoms with van der Waals surface area (Å²) in [6.45, 7) is 0.0700. The minimum absolute atomic E-state index is 0.127. The molecule has 0 bridgehead atoms. The van der Waals surface area contributed by atoms with Crippen molar-refractivity contribution in [1.29, 1.82) is 0 Å². The fourth-order valence-corrected chi connectivity index (χ4v) is 2.07. The van der Waals surface area contributed by atoms with Gasteiger partial charge in [0.25, 0.3) is 5.91 Å². The number of carbonyl (C=O) groups is 1. The van der Waals surface area contributed by atoms with Crippen LogP contribution in [0.4, 0.5) is 5.69 Å². The van der Waals surface area contributed by atoms with Crippen LogP contribution in [0, 0.1) is 0 Å². The molecule has 108 valence electrons. The third-order valence-corrected chi connectivity index (χ3v) is 3.16. The van der Waals surface area contributed by atoms with Crippen molar-refractivity contribution in [3.05, 3.63) is 47.5 Å². The minimum atomic E-state index is -0.284. The molecule has 0 unspecified atom stereocenters. The van der Waals surface area contributed by atoms with E-state index in [1.165, 1.54) is 0 Å². The van der Waals surface area contributed by atoms with Crippen LogP contribution in [0.3, 0.4) is 0 Å². The number of anilines is 1. The van der Waals surface area contributed by atoms with E-state index in [1.807, 2.05) is 0 Å². The molecule has 1 amide bonds. The van der Waals surface area contributed by atoms with Crippen LogP contribution in [-0.2, 0) is 4.79 Å². The van der Waals surface area contributed by atoms with Crippen molar-refractivity contribution in [2.75, 3.05) is 18.7 Å². The fraction of sp³-hybridized carbons (Fsp3) is 0.133. The van der Waals surface area contributed by atoms with Gasteiger partial charge in [0.1, 0.15) is 5.75 Å². The number of ether oxygens (including phenoxy) is 3. The summed E-state index contributed by atoms with van der Waals surface area (Å²) in [6.07, 6.45) is 0. The average Bonchev–Trinajstić information content (AvgIpc) is 2.94. The smallest absolute Gasteiger partial charge is 0.262 e. The lowest BCUT2D eigenvalue weighted by Crippen LogP contribution is -2.20. The number of benzene rings is 2. The second kappa shape index (κ2) is 5.93. The van der Waals surface area contributed by atoms with Crippen molar-refractivity contribution in [2.45, 2.75) is 0 Å². The van der Waals surface area contributed by atoms with Gasteiger partial charge in [-0.15, -0.1) is 0 Å². The number of rotatable bonds is 4. The van der Waals surface area contributed by atoms with Gasteiger partial charge in [0.05, 0.1) is 5.02 Å². The highest BCUT2D eigenvalue weighted by molar-refractivity contribution is 6.32. The summed E-state index contributed by atoms with van der Waals surface area (Å²) in [7, 11) is 0. The molecular formula is C15H12ClNO4. The van der Waals surface area contributed by atoms with Crippen molar-refractivity contribution >= 4 is 23.2 Å². The van der Waals surface area contributed by atoms with Crippen LogP contribution in [0.15, 0.2) is 42.5 Å². The van der Waals surface area contributed by atoms with Crippen molar-refractivity contribution in [3.8, 4) is 17.2 Å². The molecule has 21 heavy (non-hydrogen) atoms. The topological polar surface area (TPSA) is 56.8 Å². The molecule has 5 nitrogen and oxygen atoms in total. The number of nitrogens with one attached hydrogen (secondary N) is 1. The fourth-order valence-electron chi connectivity index (χ4n) is 1.88. The van der Waals surface area contributed by atoms with Crippen LogP contribution >= 0.6 is 11.6 Å². The summed E-state index contributed by atoms with van der Waals surface area (Å²) in [5.74, 6) is 1.47. The third kappa shape index (κ3) is 3.20. The summed E-state index contributed by atoms with van der Waals surface area (Å²) in [4.78, 5) is 11.8. The number of halogens is 1. The summed E-state index contributed by atoms with van der Waals surface area (Å²) >= 11 is 5.94. The zero-order valence-corrected chi connectivity index (χ0v) is 11.7. The van der Waals surface area contributed by atoms with E-state index < -0.39 is 0 Å². The van der Waals surface area contributed by atoms with Crippen molar-refractivity contribution in [1.82, 2.24) is 0 Å². The van der Waals surface area contributed by atoms with Gasteiger partial charge in [-0.1, -0.05) is 23.7 Å². The first-order chi connectivity index (χ1) is 10.2. The van der Waals surface area contributed by atoms with E-state index >= 15 is 0 Å². The van der Waals surface area contributed by atoms with Gasteiger partial charge in [-0.3, -0.25) is 4.79 Å². The largest absolute Gasteiger partial charge is 0.482 e. The predicted octanol–water partition coefficient (Wildman–Crippen LogP) is 3.09. The first-order valence-electron chi connectivity index (χ1n) is 6.29. The molecule has 2 aromatic rings. The molecule has 0 saturated heterocycles. The van der Waals surface area contributed by atoms with Crippen LogP contribution in [-0.4, -0.2) is 19.3 Å². The Morgan fingerprint density at radius 3 is 2.86 bits per heavy atom. The van der Waals surface area contributed by atoms with Gasteiger partial charge in [0.15, 0.2) is 18.1 Å². The highest BCUT2D eigenvalue weighted by Crippen LogP contribution is 2.34. The maximum Gasteiger partial charge on any atom is 0.262 e. The lowest BCUT2D eigenvalue weighted by atomic mass is 10.3. The Morgan fingerprint density at radius 2 is 2.00 bits per heavy atom. The van der Waals surface area contributed by atoms with Crippen molar-refractivity contribution in [3.63, 3.8) is 0 Å². The maximum absolute atomic E-state index is 11.8. The van der Waals surface area contributed by atoms with Crippen LogP contribution < -0.4 is 19.5 Å². The molecule has 6 heteroatoms. The molecule has 1 N–H and O–H groups in total. The summed E-state index contributed by atoms with van der Waals surface area (Å²) < 4.78 is 15.8. The van der Waals surface area contributed by atoms with Crippen molar-refractivity contribution < 1.29 is 19.0 Å². The molecule has 0 fully saturated rings. The predicted molar refractivity (Wildman–Crippen MR) is 78.1 cm³/mol.